The number of amides is 1. The summed E-state index contributed by atoms with van der Waals surface area (Å²) in [4.78, 5) is 13.6. The minimum absolute atomic E-state index is 0.0912. The standard InChI is InChI=1S/C11H24N2O2/c1-8(2)9(3)13(4)11(14)6-10(7-12)15-5/h8-10H,6-7,12H2,1-5H3. The van der Waals surface area contributed by atoms with Crippen molar-refractivity contribution in [1.82, 2.24) is 4.90 Å². The minimum Gasteiger partial charge on any atom is -0.380 e. The van der Waals surface area contributed by atoms with Gasteiger partial charge in [-0.1, -0.05) is 13.8 Å². The van der Waals surface area contributed by atoms with E-state index in [1.54, 1.807) is 12.0 Å². The van der Waals surface area contributed by atoms with Crippen molar-refractivity contribution >= 4 is 5.91 Å². The Bertz CT molecular complexity index is 191. The lowest BCUT2D eigenvalue weighted by atomic mass is 10.0. The normalized spacial score (nSPS) is 15.1. The van der Waals surface area contributed by atoms with Crippen molar-refractivity contribution in [1.29, 1.82) is 0 Å². The van der Waals surface area contributed by atoms with Crippen LogP contribution in [0.2, 0.25) is 0 Å². The number of carbonyl (C=O) groups excluding carboxylic acids is 1. The summed E-state index contributed by atoms with van der Waals surface area (Å²) < 4.78 is 5.09. The Labute approximate surface area is 92.8 Å². The first-order chi connectivity index (χ1) is 6.93. The lowest BCUT2D eigenvalue weighted by molar-refractivity contribution is -0.134. The lowest BCUT2D eigenvalue weighted by Gasteiger charge is -2.29. The van der Waals surface area contributed by atoms with E-state index >= 15 is 0 Å². The second-order valence-corrected chi connectivity index (χ2v) is 4.29. The number of nitrogens with zero attached hydrogens (tertiary/aromatic N) is 1. The summed E-state index contributed by atoms with van der Waals surface area (Å²) >= 11 is 0. The highest BCUT2D eigenvalue weighted by Crippen LogP contribution is 2.10. The molecular formula is C11H24N2O2. The van der Waals surface area contributed by atoms with Crippen LogP contribution in [0.25, 0.3) is 0 Å². The fourth-order valence-electron chi connectivity index (χ4n) is 1.28. The highest BCUT2D eigenvalue weighted by Gasteiger charge is 2.21. The summed E-state index contributed by atoms with van der Waals surface area (Å²) in [6, 6.07) is 0.243. The third-order valence-corrected chi connectivity index (χ3v) is 2.97. The van der Waals surface area contributed by atoms with Gasteiger partial charge in [-0.15, -0.1) is 0 Å². The number of hydrogen-bond acceptors (Lipinski definition) is 3. The van der Waals surface area contributed by atoms with E-state index in [0.717, 1.165) is 0 Å². The average Bonchev–Trinajstić information content (AvgIpc) is 2.23. The number of nitrogens with two attached hydrogens (primary N) is 1. The molecule has 2 unspecified atom stereocenters. The second-order valence-electron chi connectivity index (χ2n) is 4.29. The van der Waals surface area contributed by atoms with E-state index in [1.165, 1.54) is 0 Å². The highest BCUT2D eigenvalue weighted by atomic mass is 16.5. The molecule has 0 aliphatic heterocycles. The summed E-state index contributed by atoms with van der Waals surface area (Å²) in [5.74, 6) is 0.548. The molecule has 1 amide bonds. The third kappa shape index (κ3) is 4.62. The monoisotopic (exact) mass is 216 g/mol. The van der Waals surface area contributed by atoms with Gasteiger partial charge in [0.1, 0.15) is 0 Å². The van der Waals surface area contributed by atoms with Gasteiger partial charge in [0.2, 0.25) is 5.91 Å². The van der Waals surface area contributed by atoms with Crippen molar-refractivity contribution in [3.05, 3.63) is 0 Å². The van der Waals surface area contributed by atoms with E-state index in [9.17, 15) is 4.79 Å². The molecule has 0 aromatic carbocycles. The van der Waals surface area contributed by atoms with Crippen molar-refractivity contribution in [3.8, 4) is 0 Å². The first-order valence-electron chi connectivity index (χ1n) is 5.42. The van der Waals surface area contributed by atoms with Crippen LogP contribution in [0, 0.1) is 5.92 Å². The summed E-state index contributed by atoms with van der Waals surface area (Å²) in [6.07, 6.45) is 0.194. The molecule has 15 heavy (non-hydrogen) atoms. The van der Waals surface area contributed by atoms with Gasteiger partial charge in [0.15, 0.2) is 0 Å². The number of carbonyl (C=O) groups is 1. The van der Waals surface area contributed by atoms with Crippen LogP contribution in [-0.4, -0.2) is 43.7 Å². The van der Waals surface area contributed by atoms with Gasteiger partial charge in [0, 0.05) is 26.7 Å². The Morgan fingerprint density at radius 3 is 2.27 bits per heavy atom. The predicted molar refractivity (Wildman–Crippen MR) is 61.5 cm³/mol. The molecule has 0 radical (unpaired) electrons. The predicted octanol–water partition coefficient (Wildman–Crippen LogP) is 0.853. The van der Waals surface area contributed by atoms with Crippen LogP contribution in [0.4, 0.5) is 0 Å². The fraction of sp³-hybridized carbons (Fsp3) is 0.909. The summed E-state index contributed by atoms with van der Waals surface area (Å²) in [7, 11) is 3.41. The Kier molecular flexibility index (Phi) is 6.52. The van der Waals surface area contributed by atoms with Crippen LogP contribution in [0.15, 0.2) is 0 Å². The first-order valence-corrected chi connectivity index (χ1v) is 5.42. The number of methoxy groups -OCH3 is 1. The van der Waals surface area contributed by atoms with E-state index in [4.69, 9.17) is 10.5 Å². The van der Waals surface area contributed by atoms with Crippen molar-refractivity contribution in [2.75, 3.05) is 20.7 Å². The minimum atomic E-state index is -0.167. The topological polar surface area (TPSA) is 55.6 Å². The molecule has 0 aromatic heterocycles. The molecule has 0 spiro atoms. The van der Waals surface area contributed by atoms with Gasteiger partial charge >= 0.3 is 0 Å². The number of rotatable bonds is 6. The van der Waals surface area contributed by atoms with Gasteiger partial charge in [-0.05, 0) is 12.8 Å². The highest BCUT2D eigenvalue weighted by molar-refractivity contribution is 5.76. The summed E-state index contributed by atoms with van der Waals surface area (Å²) in [5.41, 5.74) is 5.47. The zero-order valence-corrected chi connectivity index (χ0v) is 10.5. The molecule has 0 fully saturated rings. The maximum atomic E-state index is 11.8. The molecular weight excluding hydrogens is 192 g/mol. The van der Waals surface area contributed by atoms with Crippen molar-refractivity contribution in [3.63, 3.8) is 0 Å². The molecule has 0 bridgehead atoms. The smallest absolute Gasteiger partial charge is 0.225 e. The molecule has 0 saturated heterocycles. The Morgan fingerprint density at radius 2 is 1.93 bits per heavy atom. The van der Waals surface area contributed by atoms with E-state index in [-0.39, 0.29) is 18.1 Å². The lowest BCUT2D eigenvalue weighted by Crippen LogP contribution is -2.40. The van der Waals surface area contributed by atoms with Crippen LogP contribution in [-0.2, 0) is 9.53 Å². The molecule has 0 aliphatic carbocycles. The molecule has 4 heteroatoms. The molecule has 2 N–H and O–H groups in total. The van der Waals surface area contributed by atoms with Gasteiger partial charge < -0.3 is 15.4 Å². The first kappa shape index (κ1) is 14.4. The summed E-state index contributed by atoms with van der Waals surface area (Å²) in [6.45, 7) is 6.63. The zero-order chi connectivity index (χ0) is 12.0. The Morgan fingerprint density at radius 1 is 1.40 bits per heavy atom. The van der Waals surface area contributed by atoms with Crippen LogP contribution in [0.1, 0.15) is 27.2 Å². The van der Waals surface area contributed by atoms with Gasteiger partial charge in [-0.25, -0.2) is 0 Å². The SMILES string of the molecule is COC(CN)CC(=O)N(C)C(C)C(C)C. The maximum Gasteiger partial charge on any atom is 0.225 e. The average molecular weight is 216 g/mol. The maximum absolute atomic E-state index is 11.8. The van der Waals surface area contributed by atoms with Gasteiger partial charge in [0.25, 0.3) is 0 Å². The molecule has 90 valence electrons. The molecule has 4 nitrogen and oxygen atoms in total. The van der Waals surface area contributed by atoms with Crippen molar-refractivity contribution in [2.24, 2.45) is 11.7 Å². The van der Waals surface area contributed by atoms with E-state index < -0.39 is 0 Å². The third-order valence-electron chi connectivity index (χ3n) is 2.97. The number of hydrogen-bond donors (Lipinski definition) is 1. The molecule has 0 aromatic rings. The molecule has 0 heterocycles. The Hall–Kier alpha value is -0.610. The van der Waals surface area contributed by atoms with Crippen molar-refractivity contribution in [2.45, 2.75) is 39.3 Å². The Balaban J connectivity index is 4.20. The zero-order valence-electron chi connectivity index (χ0n) is 10.5. The van der Waals surface area contributed by atoms with Crippen LogP contribution < -0.4 is 5.73 Å². The van der Waals surface area contributed by atoms with E-state index in [2.05, 4.69) is 13.8 Å². The molecule has 0 aliphatic rings. The van der Waals surface area contributed by atoms with Gasteiger partial charge in [-0.3, -0.25) is 4.79 Å². The second kappa shape index (κ2) is 6.80. The van der Waals surface area contributed by atoms with Crippen LogP contribution in [0.3, 0.4) is 0 Å². The fourth-order valence-corrected chi connectivity index (χ4v) is 1.28. The largest absolute Gasteiger partial charge is 0.380 e. The van der Waals surface area contributed by atoms with E-state index in [0.29, 0.717) is 18.9 Å². The van der Waals surface area contributed by atoms with E-state index in [1.807, 2.05) is 14.0 Å². The van der Waals surface area contributed by atoms with Gasteiger partial charge in [0.05, 0.1) is 12.5 Å². The van der Waals surface area contributed by atoms with Crippen molar-refractivity contribution < 1.29 is 9.53 Å². The molecule has 2 atom stereocenters. The molecule has 0 saturated carbocycles. The number of ether oxygens (including phenoxy) is 1. The van der Waals surface area contributed by atoms with Crippen LogP contribution in [0.5, 0.6) is 0 Å². The van der Waals surface area contributed by atoms with Gasteiger partial charge in [-0.2, -0.15) is 0 Å². The molecule has 0 rings (SSSR count). The summed E-state index contributed by atoms with van der Waals surface area (Å²) in [5, 5.41) is 0. The van der Waals surface area contributed by atoms with Crippen LogP contribution >= 0.6 is 0 Å². The quantitative estimate of drug-likeness (QED) is 0.716.